The highest BCUT2D eigenvalue weighted by Gasteiger charge is 2.28. The summed E-state index contributed by atoms with van der Waals surface area (Å²) >= 11 is 6.98. The van der Waals surface area contributed by atoms with Gasteiger partial charge in [0.25, 0.3) is 0 Å². The van der Waals surface area contributed by atoms with E-state index in [2.05, 4.69) is 113 Å². The summed E-state index contributed by atoms with van der Waals surface area (Å²) in [7, 11) is 1.45. The maximum Gasteiger partial charge on any atom is 0.171 e. The third kappa shape index (κ3) is 13.1. The number of hydrogen-bond donors (Lipinski definition) is 2. The highest BCUT2D eigenvalue weighted by atomic mass is 79.9. The van der Waals surface area contributed by atoms with Crippen LogP contribution in [0.3, 0.4) is 0 Å². The molecule has 4 aliphatic heterocycles. The lowest BCUT2D eigenvalue weighted by molar-refractivity contribution is 0.170. The Morgan fingerprint density at radius 1 is 0.442 bits per heavy atom. The molecule has 77 heavy (non-hydrogen) atoms. The van der Waals surface area contributed by atoms with Crippen LogP contribution in [0.1, 0.15) is 122 Å². The van der Waals surface area contributed by atoms with Crippen LogP contribution >= 0.6 is 31.9 Å². The van der Waals surface area contributed by atoms with Crippen molar-refractivity contribution in [1.82, 2.24) is 0 Å². The summed E-state index contributed by atoms with van der Waals surface area (Å²) in [4.78, 5) is 0. The normalized spacial score (nSPS) is 17.6. The van der Waals surface area contributed by atoms with Crippen molar-refractivity contribution in [2.75, 3.05) is 7.11 Å². The van der Waals surface area contributed by atoms with Crippen LogP contribution in [0, 0.1) is 46.3 Å². The van der Waals surface area contributed by atoms with Gasteiger partial charge in [-0.3, -0.25) is 0 Å². The fourth-order valence-corrected chi connectivity index (χ4v) is 11.5. The average molecular weight is 1170 g/mol. The third-order valence-corrected chi connectivity index (χ3v) is 15.8. The Labute approximate surface area is 468 Å². The molecule has 0 aromatic heterocycles. The standard InChI is InChI=1S/C17H17BrO.C17H18O2.C16H14BrFO.C16H15FO3/c1-11-4-3-5-12(2)17(11)16-8-6-13-10-14(18)7-9-15(13)19-16;1-11-5-3-4-6-14(11)16-8-7-13-10-15(18)12(2)9-17(13)19-16;1-10-2-5-13(18)9-14(10)16-6-3-11-8-12(17)4-7-15(11)19-16;1-19-15-4-2-3-12(16(15)17)14-7-5-10-9-11(18)6-8-13(10)20-14/h3-5,7,9-10,16H,6,8H2,1-2H3;3-6,9-10,16,18H,7-8H2,1-2H3;2,4-5,7-9,16H,3,6H2,1H3;2-4,6,8-9,14,18H,5,7H2,1H3. The van der Waals surface area contributed by atoms with E-state index in [0.717, 1.165) is 99.0 Å². The highest BCUT2D eigenvalue weighted by Crippen LogP contribution is 2.42. The van der Waals surface area contributed by atoms with Crippen molar-refractivity contribution in [2.24, 2.45) is 0 Å². The van der Waals surface area contributed by atoms with Gasteiger partial charge < -0.3 is 33.9 Å². The van der Waals surface area contributed by atoms with Crippen molar-refractivity contribution < 1.29 is 42.7 Å². The van der Waals surface area contributed by atoms with Crippen molar-refractivity contribution in [3.63, 3.8) is 0 Å². The van der Waals surface area contributed by atoms with E-state index in [1.165, 1.54) is 52.1 Å². The van der Waals surface area contributed by atoms with Gasteiger partial charge in [-0.05, 0) is 238 Å². The Morgan fingerprint density at radius 3 is 1.55 bits per heavy atom. The molecule has 0 radical (unpaired) electrons. The number of benzene rings is 8. The number of aromatic hydroxyl groups is 2. The molecule has 7 nitrogen and oxygen atoms in total. The number of aryl methyl sites for hydroxylation is 9. The van der Waals surface area contributed by atoms with Crippen LogP contribution in [0.2, 0.25) is 0 Å². The molecule has 0 saturated heterocycles. The van der Waals surface area contributed by atoms with Crippen molar-refractivity contribution >= 4 is 31.9 Å². The quantitative estimate of drug-likeness (QED) is 0.178. The number of rotatable bonds is 5. The first-order chi connectivity index (χ1) is 37.1. The molecule has 8 aromatic carbocycles. The Hall–Kier alpha value is -6.82. The molecule has 0 spiro atoms. The molecule has 4 unspecified atom stereocenters. The predicted octanol–water partition coefficient (Wildman–Crippen LogP) is 17.8. The molecule has 0 aliphatic carbocycles. The Balaban J connectivity index is 0.000000125. The Morgan fingerprint density at radius 2 is 0.922 bits per heavy atom. The molecule has 2 N–H and O–H groups in total. The number of methoxy groups -OCH3 is 1. The molecule has 4 aliphatic rings. The number of hydrogen-bond acceptors (Lipinski definition) is 7. The van der Waals surface area contributed by atoms with Gasteiger partial charge in [0.05, 0.1) is 7.11 Å². The van der Waals surface area contributed by atoms with E-state index in [1.807, 2.05) is 50.2 Å². The van der Waals surface area contributed by atoms with E-state index in [-0.39, 0.29) is 47.5 Å². The molecular formula is C66H64Br2F2O7. The fraction of sp³-hybridized carbons (Fsp3) is 0.273. The van der Waals surface area contributed by atoms with Crippen LogP contribution in [-0.4, -0.2) is 17.3 Å². The summed E-state index contributed by atoms with van der Waals surface area (Å²) < 4.78 is 59.0. The largest absolute Gasteiger partial charge is 0.508 e. The molecule has 0 fully saturated rings. The van der Waals surface area contributed by atoms with Gasteiger partial charge in [0.15, 0.2) is 11.6 Å². The van der Waals surface area contributed by atoms with E-state index in [4.69, 9.17) is 23.7 Å². The van der Waals surface area contributed by atoms with E-state index >= 15 is 0 Å². The third-order valence-electron chi connectivity index (χ3n) is 14.8. The first kappa shape index (κ1) is 55.0. The molecule has 0 amide bonds. The molecule has 0 saturated carbocycles. The first-order valence-corrected chi connectivity index (χ1v) is 27.8. The monoisotopic (exact) mass is 1160 g/mol. The van der Waals surface area contributed by atoms with Crippen molar-refractivity contribution in [3.8, 4) is 40.2 Å². The lowest BCUT2D eigenvalue weighted by atomic mass is 9.92. The van der Waals surface area contributed by atoms with Crippen LogP contribution in [-0.2, 0) is 25.7 Å². The average Bonchev–Trinajstić information content (AvgIpc) is 3.43. The number of halogens is 4. The zero-order valence-corrected chi connectivity index (χ0v) is 47.4. The molecule has 4 atom stereocenters. The summed E-state index contributed by atoms with van der Waals surface area (Å²) in [6.07, 6.45) is 7.21. The van der Waals surface area contributed by atoms with Gasteiger partial charge in [-0.25, -0.2) is 8.78 Å². The maximum absolute atomic E-state index is 14.3. The lowest BCUT2D eigenvalue weighted by Crippen LogP contribution is -2.17. The van der Waals surface area contributed by atoms with Gasteiger partial charge in [-0.15, -0.1) is 0 Å². The zero-order chi connectivity index (χ0) is 54.3. The molecule has 4 heterocycles. The number of phenolic OH excluding ortho intramolecular Hbond substituents is 2. The lowest BCUT2D eigenvalue weighted by Gasteiger charge is -2.28. The van der Waals surface area contributed by atoms with Crippen molar-refractivity contribution in [1.29, 1.82) is 0 Å². The summed E-state index contributed by atoms with van der Waals surface area (Å²) in [6, 6.07) is 45.8. The predicted molar refractivity (Wildman–Crippen MR) is 307 cm³/mol. The minimum atomic E-state index is -0.373. The SMILES string of the molecule is COc1cccc(C2CCc3cc(O)ccc3O2)c1F.Cc1cc2c(cc1O)CCC(c1ccccc1C)O2.Cc1ccc(F)cc1C1CCc2cc(Br)ccc2O1.Cc1cccc(C)c1C1CCc2cc(Br)ccc2O1. The minimum Gasteiger partial charge on any atom is -0.508 e. The van der Waals surface area contributed by atoms with E-state index in [9.17, 15) is 19.0 Å². The zero-order valence-electron chi connectivity index (χ0n) is 44.3. The molecule has 12 rings (SSSR count). The fourth-order valence-electron chi connectivity index (χ4n) is 10.6. The van der Waals surface area contributed by atoms with Crippen LogP contribution in [0.25, 0.3) is 0 Å². The van der Waals surface area contributed by atoms with Gasteiger partial charge in [-0.1, -0.05) is 92.5 Å². The van der Waals surface area contributed by atoms with Gasteiger partial charge in [-0.2, -0.15) is 0 Å². The van der Waals surface area contributed by atoms with Gasteiger partial charge in [0.2, 0.25) is 0 Å². The smallest absolute Gasteiger partial charge is 0.171 e. The van der Waals surface area contributed by atoms with Crippen molar-refractivity contribution in [3.05, 3.63) is 238 Å². The van der Waals surface area contributed by atoms with E-state index in [1.54, 1.807) is 42.5 Å². The summed E-state index contributed by atoms with van der Waals surface area (Å²) in [5.74, 6) is 3.77. The second-order valence-electron chi connectivity index (χ2n) is 20.1. The maximum atomic E-state index is 14.3. The summed E-state index contributed by atoms with van der Waals surface area (Å²) in [5, 5.41) is 19.2. The van der Waals surface area contributed by atoms with Gasteiger partial charge >= 0.3 is 0 Å². The number of ether oxygens (including phenoxy) is 5. The van der Waals surface area contributed by atoms with Crippen molar-refractivity contribution in [2.45, 2.75) is 110 Å². The summed E-state index contributed by atoms with van der Waals surface area (Å²) in [6.45, 7) is 10.4. The molecular weight excluding hydrogens is 1100 g/mol. The van der Waals surface area contributed by atoms with E-state index in [0.29, 0.717) is 23.5 Å². The Bertz CT molecular complexity index is 3380. The van der Waals surface area contributed by atoms with Gasteiger partial charge in [0, 0.05) is 14.5 Å². The number of fused-ring (bicyclic) bond motifs is 4. The first-order valence-electron chi connectivity index (χ1n) is 26.2. The molecule has 398 valence electrons. The Kier molecular flexibility index (Phi) is 17.6. The van der Waals surface area contributed by atoms with Gasteiger partial charge in [0.1, 0.15) is 64.7 Å². The summed E-state index contributed by atoms with van der Waals surface area (Å²) in [5.41, 5.74) is 14.5. The second-order valence-corrected chi connectivity index (χ2v) is 22.0. The molecule has 0 bridgehead atoms. The minimum absolute atomic E-state index is 0.0515. The van der Waals surface area contributed by atoms with Crippen LogP contribution in [0.4, 0.5) is 8.78 Å². The topological polar surface area (TPSA) is 86.6 Å². The van der Waals surface area contributed by atoms with Crippen LogP contribution in [0.5, 0.6) is 40.2 Å². The molecule has 8 aromatic rings. The highest BCUT2D eigenvalue weighted by molar-refractivity contribution is 9.10. The second kappa shape index (κ2) is 24.7. The molecule has 11 heteroatoms. The number of phenols is 2. The van der Waals surface area contributed by atoms with Crippen LogP contribution in [0.15, 0.2) is 155 Å². The van der Waals surface area contributed by atoms with E-state index < -0.39 is 0 Å². The van der Waals surface area contributed by atoms with Crippen LogP contribution < -0.4 is 23.7 Å².